The van der Waals surface area contributed by atoms with E-state index in [0.717, 1.165) is 0 Å². The Balaban J connectivity index is 0. The molecule has 0 aromatic heterocycles. The van der Waals surface area contributed by atoms with Crippen LogP contribution >= 0.6 is 0 Å². The molecule has 0 unspecified atom stereocenters. The molecule has 0 aromatic carbocycles. The first kappa shape index (κ1) is 24.9. The standard InChI is InChI=1S/C8H14O6.2C4H9.Sn/c1-3-13-7(11)5(9)6(10)8(12)14-4-2;2*1-3-4-2;/h5-6,9-10H,3-4H2,1-2H3;2*1,3-4H2,2H3;/t5-,6-;;;/m0.../s1. The molecule has 0 heterocycles. The van der Waals surface area contributed by atoms with Crippen LogP contribution in [0.1, 0.15) is 53.4 Å². The zero-order valence-electron chi connectivity index (χ0n) is 14.8. The zero-order chi connectivity index (χ0) is 18.1. The Morgan fingerprint density at radius 2 is 1.17 bits per heavy atom. The van der Waals surface area contributed by atoms with E-state index < -0.39 is 24.1 Å². The summed E-state index contributed by atoms with van der Waals surface area (Å²) in [7, 11) is 0. The van der Waals surface area contributed by atoms with Crippen molar-refractivity contribution in [3.05, 3.63) is 0 Å². The van der Waals surface area contributed by atoms with Gasteiger partial charge in [-0.1, -0.05) is 0 Å². The van der Waals surface area contributed by atoms with Crippen molar-refractivity contribution in [2.45, 2.75) is 74.5 Å². The zero-order valence-corrected chi connectivity index (χ0v) is 17.7. The van der Waals surface area contributed by atoms with Crippen molar-refractivity contribution < 1.29 is 29.3 Å². The molecule has 0 spiro atoms. The molecule has 2 atom stereocenters. The van der Waals surface area contributed by atoms with Gasteiger partial charge in [0.2, 0.25) is 0 Å². The molecule has 0 amide bonds. The van der Waals surface area contributed by atoms with Crippen LogP contribution in [0.3, 0.4) is 0 Å². The van der Waals surface area contributed by atoms with E-state index in [9.17, 15) is 9.59 Å². The number of aliphatic hydroxyl groups excluding tert-OH is 2. The molecule has 0 saturated heterocycles. The topological polar surface area (TPSA) is 93.1 Å². The minimum atomic E-state index is -1.89. The van der Waals surface area contributed by atoms with E-state index in [1.165, 1.54) is 25.7 Å². The number of carbonyl (C=O) groups excluding carboxylic acids is 2. The van der Waals surface area contributed by atoms with E-state index in [2.05, 4.69) is 23.3 Å². The van der Waals surface area contributed by atoms with Crippen LogP contribution in [-0.2, 0) is 19.1 Å². The summed E-state index contributed by atoms with van der Waals surface area (Å²) >= 11 is 0.149. The van der Waals surface area contributed by atoms with Gasteiger partial charge in [0.15, 0.2) is 12.2 Å². The molecule has 2 radical (unpaired) electrons. The van der Waals surface area contributed by atoms with Gasteiger partial charge in [0.25, 0.3) is 0 Å². The molecule has 0 rings (SSSR count). The van der Waals surface area contributed by atoms with Gasteiger partial charge in [-0.05, 0) is 13.8 Å². The maximum absolute atomic E-state index is 10.9. The fourth-order valence-corrected chi connectivity index (χ4v) is 5.60. The van der Waals surface area contributed by atoms with Crippen molar-refractivity contribution in [2.75, 3.05) is 13.2 Å². The largest absolute Gasteiger partial charge is 0.464 e. The summed E-state index contributed by atoms with van der Waals surface area (Å²) in [6, 6.07) is 0. The Hall–Kier alpha value is -0.341. The van der Waals surface area contributed by atoms with Gasteiger partial charge < -0.3 is 19.7 Å². The summed E-state index contributed by atoms with van der Waals surface area (Å²) < 4.78 is 12.0. The molecule has 0 aromatic rings. The smallest absolute Gasteiger partial charge is 0.338 e. The van der Waals surface area contributed by atoms with Crippen molar-refractivity contribution in [3.63, 3.8) is 0 Å². The molecule has 0 aliphatic carbocycles. The molecule has 0 aliphatic rings. The van der Waals surface area contributed by atoms with Crippen LogP contribution in [0.2, 0.25) is 8.87 Å². The van der Waals surface area contributed by atoms with Crippen molar-refractivity contribution in [3.8, 4) is 0 Å². The summed E-state index contributed by atoms with van der Waals surface area (Å²) in [4.78, 5) is 21.7. The summed E-state index contributed by atoms with van der Waals surface area (Å²) in [5.74, 6) is -2.10. The average Bonchev–Trinajstić information content (AvgIpc) is 2.54. The second-order valence-corrected chi connectivity index (χ2v) is 9.13. The van der Waals surface area contributed by atoms with Gasteiger partial charge in [-0.2, -0.15) is 0 Å². The first-order chi connectivity index (χ1) is 11.0. The normalized spacial score (nSPS) is 12.6. The van der Waals surface area contributed by atoms with Crippen molar-refractivity contribution in [2.24, 2.45) is 0 Å². The molecule has 7 heteroatoms. The van der Waals surface area contributed by atoms with Gasteiger partial charge in [0, 0.05) is 0 Å². The number of carbonyl (C=O) groups is 2. The van der Waals surface area contributed by atoms with Crippen LogP contribution in [0.4, 0.5) is 0 Å². The molecule has 6 nitrogen and oxygen atoms in total. The molecule has 136 valence electrons. The van der Waals surface area contributed by atoms with Gasteiger partial charge in [-0.25, -0.2) is 9.59 Å². The molecule has 23 heavy (non-hydrogen) atoms. The monoisotopic (exact) mass is 440 g/mol. The molecule has 0 bridgehead atoms. The van der Waals surface area contributed by atoms with Gasteiger partial charge in [0.05, 0.1) is 13.2 Å². The van der Waals surface area contributed by atoms with Crippen LogP contribution in [-0.4, -0.2) is 68.7 Å². The summed E-state index contributed by atoms with van der Waals surface area (Å²) in [6.07, 6.45) is 2.05. The first-order valence-corrected chi connectivity index (χ1v) is 12.4. The quantitative estimate of drug-likeness (QED) is 0.291. The molecular weight excluding hydrogens is 407 g/mol. The van der Waals surface area contributed by atoms with Gasteiger partial charge in [-0.15, -0.1) is 0 Å². The van der Waals surface area contributed by atoms with Crippen LogP contribution < -0.4 is 0 Å². The van der Waals surface area contributed by atoms with Crippen LogP contribution in [0.5, 0.6) is 0 Å². The van der Waals surface area contributed by atoms with E-state index in [4.69, 9.17) is 10.2 Å². The third-order valence-corrected chi connectivity index (χ3v) is 6.81. The van der Waals surface area contributed by atoms with Crippen molar-refractivity contribution in [1.29, 1.82) is 0 Å². The number of esters is 2. The summed E-state index contributed by atoms with van der Waals surface area (Å²) in [5, 5.41) is 18.2. The number of hydrogen-bond acceptors (Lipinski definition) is 6. The minimum Gasteiger partial charge on any atom is -0.464 e. The second-order valence-electron chi connectivity index (χ2n) is 4.85. The minimum absolute atomic E-state index is 0.0610. The van der Waals surface area contributed by atoms with E-state index in [1.807, 2.05) is 0 Å². The SMILES string of the molecule is CCC[CH2][Sn][CH2]CCC.CCOC(=O)[C@@H](O)[C@H](O)C(=O)OCC. The molecule has 0 saturated carbocycles. The van der Waals surface area contributed by atoms with Gasteiger partial charge in [0.1, 0.15) is 0 Å². The number of ether oxygens (including phenoxy) is 2. The number of hydrogen-bond donors (Lipinski definition) is 2. The number of rotatable bonds is 11. The van der Waals surface area contributed by atoms with E-state index >= 15 is 0 Å². The summed E-state index contributed by atoms with van der Waals surface area (Å²) in [5.41, 5.74) is 0. The summed E-state index contributed by atoms with van der Waals surface area (Å²) in [6.45, 7) is 7.79. The van der Waals surface area contributed by atoms with E-state index in [1.54, 1.807) is 22.7 Å². The fraction of sp³-hybridized carbons (Fsp3) is 0.875. The Kier molecular flexibility index (Phi) is 19.5. The molecule has 0 fully saturated rings. The molecule has 0 aliphatic heterocycles. The van der Waals surface area contributed by atoms with Crippen LogP contribution in [0.25, 0.3) is 0 Å². The number of aliphatic hydroxyl groups is 2. The first-order valence-electron chi connectivity index (χ1n) is 8.36. The third-order valence-electron chi connectivity index (χ3n) is 2.77. The fourth-order valence-electron chi connectivity index (χ4n) is 1.44. The van der Waals surface area contributed by atoms with Crippen molar-refractivity contribution >= 4 is 33.1 Å². The maximum Gasteiger partial charge on any atom is 0.338 e. The molecule has 2 N–H and O–H groups in total. The average molecular weight is 439 g/mol. The van der Waals surface area contributed by atoms with Gasteiger partial charge in [-0.3, -0.25) is 0 Å². The predicted molar refractivity (Wildman–Crippen MR) is 90.5 cm³/mol. The Morgan fingerprint density at radius 1 is 0.826 bits per heavy atom. The molecular formula is C16H32O6Sn. The van der Waals surface area contributed by atoms with Crippen LogP contribution in [0.15, 0.2) is 0 Å². The Labute approximate surface area is 150 Å². The third kappa shape index (κ3) is 15.0. The Morgan fingerprint density at radius 3 is 1.43 bits per heavy atom. The predicted octanol–water partition coefficient (Wildman–Crippen LogP) is 1.96. The van der Waals surface area contributed by atoms with Crippen LogP contribution in [0, 0.1) is 0 Å². The number of unbranched alkanes of at least 4 members (excludes halogenated alkanes) is 2. The van der Waals surface area contributed by atoms with Crippen molar-refractivity contribution in [1.82, 2.24) is 0 Å². The Bertz CT molecular complexity index is 270. The second kappa shape index (κ2) is 18.0. The van der Waals surface area contributed by atoms with E-state index in [0.29, 0.717) is 0 Å². The maximum atomic E-state index is 10.9. The van der Waals surface area contributed by atoms with Gasteiger partial charge >= 0.3 is 81.5 Å². The van der Waals surface area contributed by atoms with E-state index in [-0.39, 0.29) is 34.4 Å².